The van der Waals surface area contributed by atoms with E-state index >= 15 is 0 Å². The number of hydrogen-bond acceptors (Lipinski definition) is 4. The number of hydrogen-bond donors (Lipinski definition) is 2. The molecule has 0 aliphatic heterocycles. The zero-order chi connectivity index (χ0) is 17.7. The minimum atomic E-state index is -0.946. The standard InChI is InChI=1S/C17H22N4O3/c1-12(2)17(3,9-16(23)24)18-15(22)11-21-10-14(19-20-21)13-7-5-4-6-8-13/h4-8,10,12H,9,11H2,1-3H3,(H,18,22)(H,23,24). The van der Waals surface area contributed by atoms with Crippen LogP contribution in [0.25, 0.3) is 11.3 Å². The quantitative estimate of drug-likeness (QED) is 0.809. The summed E-state index contributed by atoms with van der Waals surface area (Å²) in [5.41, 5.74) is 0.786. The average molecular weight is 330 g/mol. The Labute approximate surface area is 140 Å². The molecule has 1 atom stereocenters. The highest BCUT2D eigenvalue weighted by atomic mass is 16.4. The van der Waals surface area contributed by atoms with Gasteiger partial charge in [-0.25, -0.2) is 4.68 Å². The first kappa shape index (κ1) is 17.7. The Morgan fingerprint density at radius 2 is 1.96 bits per heavy atom. The van der Waals surface area contributed by atoms with Gasteiger partial charge in [0.25, 0.3) is 0 Å². The molecular formula is C17H22N4O3. The van der Waals surface area contributed by atoms with Gasteiger partial charge in [0.15, 0.2) is 0 Å². The van der Waals surface area contributed by atoms with Gasteiger partial charge in [0, 0.05) is 5.56 Å². The van der Waals surface area contributed by atoms with Crippen LogP contribution in [0.15, 0.2) is 36.5 Å². The number of nitrogens with one attached hydrogen (secondary N) is 1. The Morgan fingerprint density at radius 1 is 1.29 bits per heavy atom. The highest BCUT2D eigenvalue weighted by Crippen LogP contribution is 2.21. The van der Waals surface area contributed by atoms with Crippen LogP contribution >= 0.6 is 0 Å². The predicted molar refractivity (Wildman–Crippen MR) is 89.1 cm³/mol. The van der Waals surface area contributed by atoms with Crippen molar-refractivity contribution in [3.05, 3.63) is 36.5 Å². The zero-order valence-electron chi connectivity index (χ0n) is 14.1. The third-order valence-corrected chi connectivity index (χ3v) is 4.13. The number of aliphatic carboxylic acids is 1. The molecule has 1 aromatic carbocycles. The molecule has 2 N–H and O–H groups in total. The van der Waals surface area contributed by atoms with Gasteiger partial charge in [-0.15, -0.1) is 5.10 Å². The van der Waals surface area contributed by atoms with Gasteiger partial charge in [0.2, 0.25) is 5.91 Å². The Kier molecular flexibility index (Phi) is 5.33. The maximum Gasteiger partial charge on any atom is 0.305 e. The summed E-state index contributed by atoms with van der Waals surface area (Å²) < 4.78 is 1.44. The molecule has 1 amide bonds. The molecule has 1 heterocycles. The fourth-order valence-corrected chi connectivity index (χ4v) is 2.33. The van der Waals surface area contributed by atoms with Crippen LogP contribution in [0.4, 0.5) is 0 Å². The van der Waals surface area contributed by atoms with Crippen LogP contribution in [0.3, 0.4) is 0 Å². The van der Waals surface area contributed by atoms with Crippen LogP contribution in [0.5, 0.6) is 0 Å². The lowest BCUT2D eigenvalue weighted by Crippen LogP contribution is -2.52. The minimum absolute atomic E-state index is 0.0121. The molecule has 24 heavy (non-hydrogen) atoms. The van der Waals surface area contributed by atoms with Gasteiger partial charge in [-0.1, -0.05) is 49.4 Å². The van der Waals surface area contributed by atoms with E-state index in [4.69, 9.17) is 5.11 Å². The number of carboxylic acid groups (broad SMARTS) is 1. The number of amides is 1. The number of carbonyl (C=O) groups excluding carboxylic acids is 1. The summed E-state index contributed by atoms with van der Waals surface area (Å²) in [7, 11) is 0. The second-order valence-electron chi connectivity index (χ2n) is 6.36. The van der Waals surface area contributed by atoms with Crippen LogP contribution in [0, 0.1) is 5.92 Å². The Hall–Kier alpha value is -2.70. The van der Waals surface area contributed by atoms with E-state index in [1.165, 1.54) is 4.68 Å². The average Bonchev–Trinajstić information content (AvgIpc) is 2.95. The highest BCUT2D eigenvalue weighted by Gasteiger charge is 2.32. The maximum absolute atomic E-state index is 12.3. The van der Waals surface area contributed by atoms with Gasteiger partial charge in [0.05, 0.1) is 18.2 Å². The van der Waals surface area contributed by atoms with E-state index in [-0.39, 0.29) is 24.8 Å². The SMILES string of the molecule is CC(C)C(C)(CC(=O)O)NC(=O)Cn1cc(-c2ccccc2)nn1. The monoisotopic (exact) mass is 330 g/mol. The van der Waals surface area contributed by atoms with Crippen molar-refractivity contribution in [1.29, 1.82) is 0 Å². The number of carboxylic acids is 1. The van der Waals surface area contributed by atoms with Crippen molar-refractivity contribution in [3.63, 3.8) is 0 Å². The number of carbonyl (C=O) groups is 2. The molecule has 0 aliphatic rings. The molecule has 128 valence electrons. The number of benzene rings is 1. The van der Waals surface area contributed by atoms with Crippen molar-refractivity contribution < 1.29 is 14.7 Å². The molecule has 0 aliphatic carbocycles. The first-order valence-corrected chi connectivity index (χ1v) is 7.78. The lowest BCUT2D eigenvalue weighted by atomic mass is 9.85. The molecule has 1 unspecified atom stereocenters. The molecular weight excluding hydrogens is 308 g/mol. The van der Waals surface area contributed by atoms with E-state index in [9.17, 15) is 9.59 Å². The van der Waals surface area contributed by atoms with E-state index in [0.717, 1.165) is 5.56 Å². The first-order chi connectivity index (χ1) is 11.3. The lowest BCUT2D eigenvalue weighted by molar-refractivity contribution is -0.139. The molecule has 1 aromatic heterocycles. The van der Waals surface area contributed by atoms with Crippen molar-refractivity contribution in [3.8, 4) is 11.3 Å². The van der Waals surface area contributed by atoms with E-state index < -0.39 is 11.5 Å². The summed E-state index contributed by atoms with van der Waals surface area (Å²) >= 11 is 0. The number of aromatic nitrogens is 3. The molecule has 2 aromatic rings. The Morgan fingerprint density at radius 3 is 2.54 bits per heavy atom. The summed E-state index contributed by atoms with van der Waals surface area (Å²) in [6.07, 6.45) is 1.56. The van der Waals surface area contributed by atoms with Crippen molar-refractivity contribution in [2.45, 2.75) is 39.3 Å². The summed E-state index contributed by atoms with van der Waals surface area (Å²) in [6, 6.07) is 9.55. The van der Waals surface area contributed by atoms with Gasteiger partial charge in [-0.2, -0.15) is 0 Å². The van der Waals surface area contributed by atoms with E-state index in [2.05, 4.69) is 15.6 Å². The molecule has 0 saturated carbocycles. The molecule has 0 radical (unpaired) electrons. The topological polar surface area (TPSA) is 97.1 Å². The predicted octanol–water partition coefficient (Wildman–Crippen LogP) is 1.95. The van der Waals surface area contributed by atoms with Crippen LogP contribution in [-0.4, -0.2) is 37.5 Å². The third-order valence-electron chi connectivity index (χ3n) is 4.13. The largest absolute Gasteiger partial charge is 0.481 e. The van der Waals surface area contributed by atoms with Gasteiger partial charge in [-0.3, -0.25) is 9.59 Å². The summed E-state index contributed by atoms with van der Waals surface area (Å²) in [4.78, 5) is 23.3. The minimum Gasteiger partial charge on any atom is -0.481 e. The molecule has 2 rings (SSSR count). The van der Waals surface area contributed by atoms with Crippen molar-refractivity contribution in [1.82, 2.24) is 20.3 Å². The second kappa shape index (κ2) is 7.25. The van der Waals surface area contributed by atoms with Crippen LogP contribution in [0.2, 0.25) is 0 Å². The van der Waals surface area contributed by atoms with Crippen LogP contribution in [0.1, 0.15) is 27.2 Å². The van der Waals surface area contributed by atoms with Crippen LogP contribution < -0.4 is 5.32 Å². The van der Waals surface area contributed by atoms with Crippen molar-refractivity contribution in [2.75, 3.05) is 0 Å². The van der Waals surface area contributed by atoms with Crippen LogP contribution in [-0.2, 0) is 16.1 Å². The normalized spacial score (nSPS) is 13.5. The second-order valence-corrected chi connectivity index (χ2v) is 6.36. The third kappa shape index (κ3) is 4.41. The van der Waals surface area contributed by atoms with Gasteiger partial charge >= 0.3 is 5.97 Å². The molecule has 0 spiro atoms. The molecule has 0 fully saturated rings. The molecule has 7 nitrogen and oxygen atoms in total. The smallest absolute Gasteiger partial charge is 0.305 e. The fourth-order valence-electron chi connectivity index (χ4n) is 2.33. The van der Waals surface area contributed by atoms with Gasteiger partial charge in [-0.05, 0) is 12.8 Å². The van der Waals surface area contributed by atoms with Crippen molar-refractivity contribution >= 4 is 11.9 Å². The Bertz CT molecular complexity index is 712. The van der Waals surface area contributed by atoms with Gasteiger partial charge in [0.1, 0.15) is 12.2 Å². The lowest BCUT2D eigenvalue weighted by Gasteiger charge is -2.33. The van der Waals surface area contributed by atoms with Gasteiger partial charge < -0.3 is 10.4 Å². The summed E-state index contributed by atoms with van der Waals surface area (Å²) in [5.74, 6) is -1.26. The number of rotatable bonds is 7. The molecule has 0 bridgehead atoms. The molecule has 7 heteroatoms. The summed E-state index contributed by atoms with van der Waals surface area (Å²) in [5, 5.41) is 19.9. The van der Waals surface area contributed by atoms with E-state index in [1.807, 2.05) is 44.2 Å². The molecule has 0 saturated heterocycles. The summed E-state index contributed by atoms with van der Waals surface area (Å²) in [6.45, 7) is 5.49. The van der Waals surface area contributed by atoms with Crippen molar-refractivity contribution in [2.24, 2.45) is 5.92 Å². The first-order valence-electron chi connectivity index (χ1n) is 7.78. The van der Waals surface area contributed by atoms with E-state index in [1.54, 1.807) is 13.1 Å². The number of nitrogens with zero attached hydrogens (tertiary/aromatic N) is 3. The fraction of sp³-hybridized carbons (Fsp3) is 0.412. The highest BCUT2D eigenvalue weighted by molar-refractivity contribution is 5.78. The Balaban J connectivity index is 2.04. The van der Waals surface area contributed by atoms with E-state index in [0.29, 0.717) is 5.69 Å². The maximum atomic E-state index is 12.3. The zero-order valence-corrected chi connectivity index (χ0v) is 14.1.